The second-order valence-corrected chi connectivity index (χ2v) is 7.96. The van der Waals surface area contributed by atoms with Crippen LogP contribution in [-0.2, 0) is 4.79 Å². The molecule has 140 valence electrons. The average molecular weight is 407 g/mol. The van der Waals surface area contributed by atoms with Gasteiger partial charge in [-0.15, -0.1) is 21.5 Å². The molecule has 4 aromatic rings. The number of para-hydroxylation sites is 1. The molecule has 0 aliphatic heterocycles. The summed E-state index contributed by atoms with van der Waals surface area (Å²) < 4.78 is 1.88. The summed E-state index contributed by atoms with van der Waals surface area (Å²) in [6, 6.07) is 23.7. The number of hydrogen-bond donors (Lipinski definition) is 1. The van der Waals surface area contributed by atoms with E-state index in [1.54, 1.807) is 17.7 Å². The Labute approximate surface area is 171 Å². The molecule has 0 aliphatic carbocycles. The smallest absolute Gasteiger partial charge is 0.231 e. The highest BCUT2D eigenvalue weighted by molar-refractivity contribution is 7.99. The Hall–Kier alpha value is -2.90. The van der Waals surface area contributed by atoms with Gasteiger partial charge in [-0.3, -0.25) is 9.36 Å². The third kappa shape index (κ3) is 4.32. The zero-order chi connectivity index (χ0) is 19.2. The van der Waals surface area contributed by atoms with E-state index < -0.39 is 0 Å². The Morgan fingerprint density at radius 3 is 2.50 bits per heavy atom. The fourth-order valence-electron chi connectivity index (χ4n) is 2.84. The van der Waals surface area contributed by atoms with Crippen LogP contribution in [0.5, 0.6) is 0 Å². The molecule has 0 saturated carbocycles. The maximum absolute atomic E-state index is 12.7. The van der Waals surface area contributed by atoms with Gasteiger partial charge in [-0.2, -0.15) is 0 Å². The molecule has 0 saturated heterocycles. The number of nitrogens with zero attached hydrogens (tertiary/aromatic N) is 3. The summed E-state index contributed by atoms with van der Waals surface area (Å²) in [5, 5.41) is 14.0. The predicted octanol–water partition coefficient (Wildman–Crippen LogP) is 4.33. The highest BCUT2D eigenvalue weighted by Crippen LogP contribution is 2.26. The van der Waals surface area contributed by atoms with Crippen molar-refractivity contribution < 1.29 is 4.79 Å². The number of nitrogens with one attached hydrogen (secondary N) is 1. The van der Waals surface area contributed by atoms with E-state index in [-0.39, 0.29) is 17.7 Å². The van der Waals surface area contributed by atoms with Crippen molar-refractivity contribution in [3.05, 3.63) is 94.9 Å². The van der Waals surface area contributed by atoms with E-state index >= 15 is 0 Å². The molecule has 4 rings (SSSR count). The Bertz CT molecular complexity index is 1020. The standard InChI is InChI=1S/C21H18N4OS2/c26-19(14-28-21-24-22-15-25(21)17-10-5-2-6-11-17)23-20(18-12-7-13-27-18)16-8-3-1-4-9-16/h1-13,15,20H,14H2,(H,23,26). The zero-order valence-electron chi connectivity index (χ0n) is 14.9. The first-order valence-electron chi connectivity index (χ1n) is 8.77. The first kappa shape index (κ1) is 18.5. The van der Waals surface area contributed by atoms with Crippen LogP contribution in [-0.4, -0.2) is 26.4 Å². The van der Waals surface area contributed by atoms with Gasteiger partial charge in [0, 0.05) is 10.6 Å². The van der Waals surface area contributed by atoms with Crippen LogP contribution in [0.25, 0.3) is 5.69 Å². The molecule has 0 bridgehead atoms. The fraction of sp³-hybridized carbons (Fsp3) is 0.0952. The van der Waals surface area contributed by atoms with Crippen LogP contribution >= 0.6 is 23.1 Å². The number of benzene rings is 2. The molecule has 5 nitrogen and oxygen atoms in total. The Kier molecular flexibility index (Phi) is 5.84. The first-order chi connectivity index (χ1) is 13.8. The van der Waals surface area contributed by atoms with E-state index in [4.69, 9.17) is 0 Å². The van der Waals surface area contributed by atoms with E-state index in [0.29, 0.717) is 5.16 Å². The molecule has 1 atom stereocenters. The number of carbonyl (C=O) groups is 1. The average Bonchev–Trinajstić information content (AvgIpc) is 3.44. The summed E-state index contributed by atoms with van der Waals surface area (Å²) in [5.41, 5.74) is 2.03. The lowest BCUT2D eigenvalue weighted by atomic mass is 10.1. The molecule has 2 aromatic heterocycles. The maximum atomic E-state index is 12.7. The number of thioether (sulfide) groups is 1. The molecule has 0 aliphatic rings. The van der Waals surface area contributed by atoms with Gasteiger partial charge in [0.25, 0.3) is 0 Å². The lowest BCUT2D eigenvalue weighted by molar-refractivity contribution is -0.119. The molecule has 0 radical (unpaired) electrons. The number of amides is 1. The van der Waals surface area contributed by atoms with Crippen molar-refractivity contribution in [1.82, 2.24) is 20.1 Å². The van der Waals surface area contributed by atoms with E-state index in [1.807, 2.05) is 82.7 Å². The predicted molar refractivity (Wildman–Crippen MR) is 113 cm³/mol. The second kappa shape index (κ2) is 8.86. The second-order valence-electron chi connectivity index (χ2n) is 6.03. The van der Waals surface area contributed by atoms with Crippen molar-refractivity contribution in [3.63, 3.8) is 0 Å². The van der Waals surface area contributed by atoms with Crippen molar-refractivity contribution in [1.29, 1.82) is 0 Å². The van der Waals surface area contributed by atoms with E-state index in [0.717, 1.165) is 16.1 Å². The van der Waals surface area contributed by atoms with Gasteiger partial charge in [0.05, 0.1) is 11.8 Å². The molecule has 2 aromatic carbocycles. The van der Waals surface area contributed by atoms with Crippen molar-refractivity contribution in [3.8, 4) is 5.69 Å². The highest BCUT2D eigenvalue weighted by Gasteiger charge is 2.18. The van der Waals surface area contributed by atoms with Gasteiger partial charge < -0.3 is 5.32 Å². The Balaban J connectivity index is 1.45. The van der Waals surface area contributed by atoms with Crippen molar-refractivity contribution >= 4 is 29.0 Å². The van der Waals surface area contributed by atoms with Crippen molar-refractivity contribution in [2.45, 2.75) is 11.2 Å². The lowest BCUT2D eigenvalue weighted by Crippen LogP contribution is -2.30. The third-order valence-electron chi connectivity index (χ3n) is 4.15. The maximum Gasteiger partial charge on any atom is 0.231 e. The number of carbonyl (C=O) groups excluding carboxylic acids is 1. The van der Waals surface area contributed by atoms with Crippen LogP contribution in [0.15, 0.2) is 89.7 Å². The fourth-order valence-corrected chi connectivity index (χ4v) is 4.38. The Morgan fingerprint density at radius 2 is 1.79 bits per heavy atom. The van der Waals surface area contributed by atoms with E-state index in [9.17, 15) is 4.79 Å². The summed E-state index contributed by atoms with van der Waals surface area (Å²) in [6.07, 6.45) is 1.66. The van der Waals surface area contributed by atoms with Crippen LogP contribution in [0.1, 0.15) is 16.5 Å². The zero-order valence-corrected chi connectivity index (χ0v) is 16.6. The molecule has 7 heteroatoms. The van der Waals surface area contributed by atoms with Crippen LogP contribution in [0.2, 0.25) is 0 Å². The van der Waals surface area contributed by atoms with Gasteiger partial charge in [0.1, 0.15) is 6.33 Å². The molecule has 1 amide bonds. The van der Waals surface area contributed by atoms with E-state index in [2.05, 4.69) is 15.5 Å². The van der Waals surface area contributed by atoms with E-state index in [1.165, 1.54) is 11.8 Å². The number of thiophene rings is 1. The first-order valence-corrected chi connectivity index (χ1v) is 10.6. The normalized spacial score (nSPS) is 11.9. The summed E-state index contributed by atoms with van der Waals surface area (Å²) in [7, 11) is 0. The summed E-state index contributed by atoms with van der Waals surface area (Å²) in [5.74, 6) is 0.218. The summed E-state index contributed by atoms with van der Waals surface area (Å²) in [4.78, 5) is 13.8. The largest absolute Gasteiger partial charge is 0.344 e. The summed E-state index contributed by atoms with van der Waals surface area (Å²) >= 11 is 3.01. The SMILES string of the molecule is O=C(CSc1nncn1-c1ccccc1)NC(c1ccccc1)c1cccs1. The Morgan fingerprint density at radius 1 is 1.04 bits per heavy atom. The van der Waals surface area contributed by atoms with Crippen LogP contribution in [0, 0.1) is 0 Å². The quantitative estimate of drug-likeness (QED) is 0.464. The van der Waals surface area contributed by atoms with Crippen LogP contribution in [0.4, 0.5) is 0 Å². The van der Waals surface area contributed by atoms with Crippen LogP contribution in [0.3, 0.4) is 0 Å². The number of aromatic nitrogens is 3. The van der Waals surface area contributed by atoms with Gasteiger partial charge >= 0.3 is 0 Å². The van der Waals surface area contributed by atoms with Crippen LogP contribution < -0.4 is 5.32 Å². The van der Waals surface area contributed by atoms with Gasteiger partial charge in [0.15, 0.2) is 5.16 Å². The number of hydrogen-bond acceptors (Lipinski definition) is 5. The molecule has 0 spiro atoms. The van der Waals surface area contributed by atoms with Crippen molar-refractivity contribution in [2.24, 2.45) is 0 Å². The molecule has 0 fully saturated rings. The van der Waals surface area contributed by atoms with Crippen molar-refractivity contribution in [2.75, 3.05) is 5.75 Å². The van der Waals surface area contributed by atoms with Gasteiger partial charge in [0.2, 0.25) is 5.91 Å². The van der Waals surface area contributed by atoms with Gasteiger partial charge in [-0.25, -0.2) is 0 Å². The minimum atomic E-state index is -0.152. The topological polar surface area (TPSA) is 59.8 Å². The molecule has 1 unspecified atom stereocenters. The summed E-state index contributed by atoms with van der Waals surface area (Å²) in [6.45, 7) is 0. The van der Waals surface area contributed by atoms with Gasteiger partial charge in [-0.1, -0.05) is 66.4 Å². The minimum absolute atomic E-state index is 0.0464. The molecule has 1 N–H and O–H groups in total. The molecular weight excluding hydrogens is 388 g/mol. The number of rotatable bonds is 7. The monoisotopic (exact) mass is 406 g/mol. The van der Waals surface area contributed by atoms with Gasteiger partial charge in [-0.05, 0) is 29.1 Å². The minimum Gasteiger partial charge on any atom is -0.344 e. The lowest BCUT2D eigenvalue weighted by Gasteiger charge is -2.18. The molecule has 28 heavy (non-hydrogen) atoms. The third-order valence-corrected chi connectivity index (χ3v) is 6.03. The molecular formula is C21H18N4OS2. The molecule has 2 heterocycles. The highest BCUT2D eigenvalue weighted by atomic mass is 32.2.